The van der Waals surface area contributed by atoms with E-state index in [1.807, 2.05) is 42.6 Å². The van der Waals surface area contributed by atoms with E-state index in [4.69, 9.17) is 4.98 Å². The molecule has 6 nitrogen and oxygen atoms in total. The van der Waals surface area contributed by atoms with Gasteiger partial charge in [-0.2, -0.15) is 0 Å². The molecule has 0 unspecified atom stereocenters. The van der Waals surface area contributed by atoms with Crippen molar-refractivity contribution in [3.05, 3.63) is 53.7 Å². The number of rotatable bonds is 3. The standard InChI is InChI=1S/C20H17N5O/c1-11-5-6-21-9-16(11)15-7-14(19(26)13-3-4-13)8-17-18(15)23-12(2)20-24-22-10-25(17)20/h5-10,13H,3-4H2,1-2H3. The van der Waals surface area contributed by atoms with Crippen molar-refractivity contribution in [3.8, 4) is 11.1 Å². The van der Waals surface area contributed by atoms with Crippen LogP contribution in [0.5, 0.6) is 0 Å². The molecule has 1 fully saturated rings. The summed E-state index contributed by atoms with van der Waals surface area (Å²) in [5.41, 5.74) is 6.93. The Morgan fingerprint density at radius 1 is 1.19 bits per heavy atom. The Labute approximate surface area is 149 Å². The highest BCUT2D eigenvalue weighted by Gasteiger charge is 2.31. The molecule has 1 aliphatic rings. The monoisotopic (exact) mass is 343 g/mol. The highest BCUT2D eigenvalue weighted by molar-refractivity contribution is 6.05. The number of carbonyl (C=O) groups excluding carboxylic acids is 1. The first-order valence-electron chi connectivity index (χ1n) is 8.73. The second-order valence-corrected chi connectivity index (χ2v) is 6.94. The fourth-order valence-corrected chi connectivity index (χ4v) is 3.47. The lowest BCUT2D eigenvalue weighted by atomic mass is 9.96. The second-order valence-electron chi connectivity index (χ2n) is 6.94. The summed E-state index contributed by atoms with van der Waals surface area (Å²) in [4.78, 5) is 21.9. The molecule has 5 rings (SSSR count). The van der Waals surface area contributed by atoms with E-state index in [9.17, 15) is 4.79 Å². The molecule has 4 aromatic rings. The average molecular weight is 343 g/mol. The van der Waals surface area contributed by atoms with Crippen LogP contribution in [0.4, 0.5) is 0 Å². The van der Waals surface area contributed by atoms with Gasteiger partial charge in [-0.15, -0.1) is 10.2 Å². The fraction of sp³-hybridized carbons (Fsp3) is 0.250. The quantitative estimate of drug-likeness (QED) is 0.532. The predicted octanol–water partition coefficient (Wildman–Crippen LogP) is 3.55. The van der Waals surface area contributed by atoms with Crippen LogP contribution in [0.3, 0.4) is 0 Å². The van der Waals surface area contributed by atoms with Crippen LogP contribution < -0.4 is 0 Å². The van der Waals surface area contributed by atoms with Gasteiger partial charge in [0.1, 0.15) is 6.33 Å². The molecule has 26 heavy (non-hydrogen) atoms. The zero-order valence-corrected chi connectivity index (χ0v) is 14.6. The molecular formula is C20H17N5O. The van der Waals surface area contributed by atoms with E-state index in [1.54, 1.807) is 12.5 Å². The van der Waals surface area contributed by atoms with Crippen LogP contribution in [-0.2, 0) is 0 Å². The van der Waals surface area contributed by atoms with Gasteiger partial charge in [0, 0.05) is 35.0 Å². The lowest BCUT2D eigenvalue weighted by molar-refractivity contribution is 0.0968. The first-order chi connectivity index (χ1) is 12.6. The lowest BCUT2D eigenvalue weighted by Crippen LogP contribution is -2.05. The summed E-state index contributed by atoms with van der Waals surface area (Å²) in [7, 11) is 0. The van der Waals surface area contributed by atoms with Gasteiger partial charge < -0.3 is 0 Å². The van der Waals surface area contributed by atoms with Crippen molar-refractivity contribution in [2.24, 2.45) is 5.92 Å². The summed E-state index contributed by atoms with van der Waals surface area (Å²) in [6.07, 6.45) is 7.25. The maximum Gasteiger partial charge on any atom is 0.182 e. The number of hydrogen-bond acceptors (Lipinski definition) is 5. The van der Waals surface area contributed by atoms with Gasteiger partial charge in [-0.25, -0.2) is 4.98 Å². The lowest BCUT2D eigenvalue weighted by Gasteiger charge is -2.13. The summed E-state index contributed by atoms with van der Waals surface area (Å²) in [6, 6.07) is 5.87. The second kappa shape index (κ2) is 5.42. The minimum Gasteiger partial charge on any atom is -0.294 e. The van der Waals surface area contributed by atoms with E-state index < -0.39 is 0 Å². The Bertz CT molecular complexity index is 1190. The molecule has 0 N–H and O–H groups in total. The summed E-state index contributed by atoms with van der Waals surface area (Å²) in [5.74, 6) is 0.363. The number of benzene rings is 1. The van der Waals surface area contributed by atoms with Crippen LogP contribution in [0.1, 0.15) is 34.5 Å². The highest BCUT2D eigenvalue weighted by atomic mass is 16.1. The van der Waals surface area contributed by atoms with Crippen molar-refractivity contribution >= 4 is 22.5 Å². The average Bonchev–Trinajstić information content (AvgIpc) is 3.37. The van der Waals surface area contributed by atoms with E-state index >= 15 is 0 Å². The van der Waals surface area contributed by atoms with Crippen molar-refractivity contribution < 1.29 is 4.79 Å². The van der Waals surface area contributed by atoms with Crippen molar-refractivity contribution in [2.75, 3.05) is 0 Å². The third kappa shape index (κ3) is 2.22. The van der Waals surface area contributed by atoms with Gasteiger partial charge in [0.05, 0.1) is 16.7 Å². The van der Waals surface area contributed by atoms with Crippen LogP contribution in [0.25, 0.3) is 27.8 Å². The first kappa shape index (κ1) is 15.1. The van der Waals surface area contributed by atoms with Crippen molar-refractivity contribution in [1.29, 1.82) is 0 Å². The minimum atomic E-state index is 0.158. The molecule has 128 valence electrons. The third-order valence-corrected chi connectivity index (χ3v) is 5.06. The first-order valence-corrected chi connectivity index (χ1v) is 8.73. The molecular weight excluding hydrogens is 326 g/mol. The van der Waals surface area contributed by atoms with Crippen LogP contribution in [0, 0.1) is 19.8 Å². The predicted molar refractivity (Wildman–Crippen MR) is 98.0 cm³/mol. The summed E-state index contributed by atoms with van der Waals surface area (Å²) >= 11 is 0. The van der Waals surface area contributed by atoms with Crippen LogP contribution in [-0.4, -0.2) is 30.3 Å². The van der Waals surface area contributed by atoms with Gasteiger partial charge in [0.15, 0.2) is 11.4 Å². The number of ketones is 1. The van der Waals surface area contributed by atoms with Crippen molar-refractivity contribution in [2.45, 2.75) is 26.7 Å². The SMILES string of the molecule is Cc1ccncc1-c1cc(C(=O)C2CC2)cc2c1nc(C)c1nncn12. The van der Waals surface area contributed by atoms with E-state index in [-0.39, 0.29) is 11.7 Å². The van der Waals surface area contributed by atoms with E-state index in [2.05, 4.69) is 15.2 Å². The number of Topliss-reactive ketones (excluding diaryl/α,β-unsaturated/α-hetero) is 1. The highest BCUT2D eigenvalue weighted by Crippen LogP contribution is 2.36. The molecule has 6 heteroatoms. The number of hydrogen-bond donors (Lipinski definition) is 0. The van der Waals surface area contributed by atoms with Crippen LogP contribution in [0.2, 0.25) is 0 Å². The molecule has 1 aliphatic carbocycles. The zero-order chi connectivity index (χ0) is 17.8. The topological polar surface area (TPSA) is 73.0 Å². The Morgan fingerprint density at radius 2 is 2.04 bits per heavy atom. The molecule has 0 atom stereocenters. The third-order valence-electron chi connectivity index (χ3n) is 5.06. The van der Waals surface area contributed by atoms with Gasteiger partial charge in [0.2, 0.25) is 0 Å². The molecule has 0 radical (unpaired) electrons. The normalized spacial score (nSPS) is 14.2. The van der Waals surface area contributed by atoms with E-state index in [0.717, 1.165) is 51.8 Å². The fourth-order valence-electron chi connectivity index (χ4n) is 3.47. The molecule has 0 saturated heterocycles. The Kier molecular flexibility index (Phi) is 3.16. The smallest absolute Gasteiger partial charge is 0.182 e. The number of nitrogens with zero attached hydrogens (tertiary/aromatic N) is 5. The van der Waals surface area contributed by atoms with E-state index in [0.29, 0.717) is 5.65 Å². The molecule has 1 saturated carbocycles. The van der Waals surface area contributed by atoms with Gasteiger partial charge in [0.25, 0.3) is 0 Å². The van der Waals surface area contributed by atoms with Gasteiger partial charge in [-0.3, -0.25) is 14.2 Å². The number of aryl methyl sites for hydroxylation is 2. The largest absolute Gasteiger partial charge is 0.294 e. The van der Waals surface area contributed by atoms with Crippen molar-refractivity contribution in [1.82, 2.24) is 24.6 Å². The summed E-state index contributed by atoms with van der Waals surface area (Å²) in [6.45, 7) is 3.97. The summed E-state index contributed by atoms with van der Waals surface area (Å²) < 4.78 is 1.91. The van der Waals surface area contributed by atoms with Crippen molar-refractivity contribution in [3.63, 3.8) is 0 Å². The van der Waals surface area contributed by atoms with Gasteiger partial charge in [-0.05, 0) is 50.5 Å². The Balaban J connectivity index is 1.90. The maximum atomic E-state index is 12.8. The molecule has 1 aromatic carbocycles. The Hall–Kier alpha value is -3.15. The number of pyridine rings is 1. The number of carbonyl (C=O) groups is 1. The molecule has 0 aliphatic heterocycles. The molecule has 0 spiro atoms. The minimum absolute atomic E-state index is 0.158. The molecule has 0 amide bonds. The van der Waals surface area contributed by atoms with Gasteiger partial charge >= 0.3 is 0 Å². The number of fused-ring (bicyclic) bond motifs is 3. The number of aromatic nitrogens is 5. The Morgan fingerprint density at radius 3 is 2.81 bits per heavy atom. The van der Waals surface area contributed by atoms with Gasteiger partial charge in [-0.1, -0.05) is 0 Å². The van der Waals surface area contributed by atoms with E-state index in [1.165, 1.54) is 0 Å². The molecule has 3 aromatic heterocycles. The zero-order valence-electron chi connectivity index (χ0n) is 14.6. The maximum absolute atomic E-state index is 12.8. The van der Waals surface area contributed by atoms with Crippen LogP contribution in [0.15, 0.2) is 36.9 Å². The van der Waals surface area contributed by atoms with Crippen LogP contribution >= 0.6 is 0 Å². The molecule has 3 heterocycles. The molecule has 0 bridgehead atoms. The summed E-state index contributed by atoms with van der Waals surface area (Å²) in [5, 5.41) is 8.19.